The van der Waals surface area contributed by atoms with E-state index >= 15 is 14.4 Å². The van der Waals surface area contributed by atoms with Crippen molar-refractivity contribution in [2.75, 3.05) is 0 Å². The molecule has 0 N–H and O–H groups in total. The number of benzene rings is 1. The molecule has 69 heavy (non-hydrogen) atoms. The largest absolute Gasteiger partial charge is 0.346 e. The van der Waals surface area contributed by atoms with E-state index in [0.717, 1.165) is 132 Å². The van der Waals surface area contributed by atoms with Crippen molar-refractivity contribution in [1.82, 2.24) is 0 Å². The first kappa shape index (κ1) is 50.6. The fourth-order valence-electron chi connectivity index (χ4n) is 19.4. The summed E-state index contributed by atoms with van der Waals surface area (Å²) in [6.45, 7) is 0. The van der Waals surface area contributed by atoms with Gasteiger partial charge >= 0.3 is 17.7 Å². The number of amides is 3. The first-order chi connectivity index (χ1) is 34.0. The second-order valence-corrected chi connectivity index (χ2v) is 25.8. The molecule has 0 bridgehead atoms. The predicted molar refractivity (Wildman–Crippen MR) is 282 cm³/mol. The van der Waals surface area contributed by atoms with Crippen molar-refractivity contribution in [3.8, 4) is 0 Å². The Labute approximate surface area is 422 Å². The Morgan fingerprint density at radius 1 is 0.217 bits per heavy atom. The Morgan fingerprint density at radius 2 is 0.333 bits per heavy atom. The van der Waals surface area contributed by atoms with E-state index in [-0.39, 0.29) is 0 Å². The van der Waals surface area contributed by atoms with Gasteiger partial charge in [-0.1, -0.05) is 57.8 Å². The van der Waals surface area contributed by atoms with Crippen molar-refractivity contribution in [3.05, 3.63) is 34.9 Å². The molecule has 1 aromatic rings. The molecule has 9 aliphatic carbocycles. The molecule has 10 rings (SSSR count). The van der Waals surface area contributed by atoms with Gasteiger partial charge in [-0.15, -0.1) is 0 Å². The first-order valence-corrected chi connectivity index (χ1v) is 31.4. The van der Waals surface area contributed by atoms with Gasteiger partial charge in [-0.2, -0.15) is 0 Å². The Bertz CT molecular complexity index is 1460. The highest BCUT2D eigenvalue weighted by Gasteiger charge is 2.60. The molecule has 3 amide bonds. The molecule has 0 aliphatic heterocycles. The smallest absolute Gasteiger partial charge is 0.249 e. The summed E-state index contributed by atoms with van der Waals surface area (Å²) in [5.74, 6) is 1.00. The zero-order valence-electron chi connectivity index (χ0n) is 44.3. The third kappa shape index (κ3) is 9.85. The highest BCUT2D eigenvalue weighted by atomic mass is 16.2. The standard InChI is InChI=1S/C63H102N3O3/c67-61(64(52-28-10-1-11-29-52,53-30-12-2-13-31-53)54-32-14-3-15-33-54)49-46-50(62(68)65(55-34-16-4-17-35-55,56-36-18-5-19-37-56)57-38-20-6-21-39-57)48-51(47-49)63(69)66(58-40-22-7-23-41-58,59-42-24-8-25-43-59)60-44-26-9-27-45-60/h46-48,52-60H,1-45H2/q+3. The Balaban J connectivity index is 1.20. The first-order valence-electron chi connectivity index (χ1n) is 31.4. The van der Waals surface area contributed by atoms with E-state index in [1.165, 1.54) is 173 Å². The number of nitrogens with zero attached hydrogens (tertiary/aromatic N) is 3. The van der Waals surface area contributed by atoms with Crippen molar-refractivity contribution in [2.45, 2.75) is 343 Å². The summed E-state index contributed by atoms with van der Waals surface area (Å²) in [7, 11) is 0. The van der Waals surface area contributed by atoms with E-state index in [0.29, 0.717) is 85.5 Å². The summed E-state index contributed by atoms with van der Waals surface area (Å²) >= 11 is 0. The van der Waals surface area contributed by atoms with Gasteiger partial charge in [0, 0.05) is 0 Å². The number of rotatable bonds is 12. The lowest BCUT2D eigenvalue weighted by Crippen LogP contribution is -2.71. The Morgan fingerprint density at radius 3 is 0.449 bits per heavy atom. The second-order valence-electron chi connectivity index (χ2n) is 25.8. The topological polar surface area (TPSA) is 51.2 Å². The highest BCUT2D eigenvalue weighted by molar-refractivity contribution is 6.00. The average molecular weight is 950 g/mol. The van der Waals surface area contributed by atoms with Crippen molar-refractivity contribution >= 4 is 17.7 Å². The third-order valence-electron chi connectivity index (χ3n) is 22.3. The second kappa shape index (κ2) is 23.5. The molecule has 384 valence electrons. The lowest BCUT2D eigenvalue weighted by atomic mass is 9.78. The van der Waals surface area contributed by atoms with Crippen molar-refractivity contribution in [3.63, 3.8) is 0 Å². The number of carbonyl (C=O) groups excluding carboxylic acids is 3. The number of carbonyl (C=O) groups is 3. The van der Waals surface area contributed by atoms with Gasteiger partial charge < -0.3 is 0 Å². The quantitative estimate of drug-likeness (QED) is 0.196. The SMILES string of the molecule is O=C(c1cc(C(=O)[N+](C2CCCCC2)(C2CCCCC2)C2CCCCC2)cc(C(=O)[N+](C2CCCCC2)(C2CCCCC2)C2CCCCC2)c1)[N+](C1CCCCC1)(C1CCCCC1)C1CCCCC1. The minimum absolute atomic E-state index is 0.335. The molecule has 0 saturated heterocycles. The molecule has 0 unspecified atom stereocenters. The maximum absolute atomic E-state index is 17.2. The zero-order chi connectivity index (χ0) is 47.1. The summed E-state index contributed by atoms with van der Waals surface area (Å²) in [6.07, 6.45) is 54.5. The van der Waals surface area contributed by atoms with Crippen LogP contribution in [0.3, 0.4) is 0 Å². The molecule has 1 aromatic carbocycles. The fourth-order valence-corrected chi connectivity index (χ4v) is 19.4. The van der Waals surface area contributed by atoms with Crippen molar-refractivity contribution in [2.24, 2.45) is 0 Å². The van der Waals surface area contributed by atoms with Gasteiger partial charge in [-0.25, -0.2) is 27.8 Å². The van der Waals surface area contributed by atoms with Crippen LogP contribution in [0.15, 0.2) is 18.2 Å². The number of hydrogen-bond acceptors (Lipinski definition) is 3. The molecule has 9 aliphatic rings. The summed E-state index contributed by atoms with van der Waals surface area (Å²) in [6, 6.07) is 9.79. The van der Waals surface area contributed by atoms with E-state index in [9.17, 15) is 0 Å². The maximum atomic E-state index is 17.2. The Hall–Kier alpha value is -1.89. The molecule has 9 fully saturated rings. The molecular formula is C63H102N3O3+3. The van der Waals surface area contributed by atoms with Crippen molar-refractivity contribution in [1.29, 1.82) is 0 Å². The maximum Gasteiger partial charge on any atom is 0.346 e. The van der Waals surface area contributed by atoms with Crippen molar-refractivity contribution < 1.29 is 27.8 Å². The van der Waals surface area contributed by atoms with Crippen LogP contribution in [0.5, 0.6) is 0 Å². The molecular weight excluding hydrogens is 847 g/mol. The molecule has 0 heterocycles. The lowest BCUT2D eigenvalue weighted by Gasteiger charge is -2.56. The molecule has 0 aromatic heterocycles. The molecule has 6 nitrogen and oxygen atoms in total. The fraction of sp³-hybridized carbons (Fsp3) is 0.857. The predicted octanol–water partition coefficient (Wildman–Crippen LogP) is 16.6. The molecule has 6 heteroatoms. The van der Waals surface area contributed by atoms with Gasteiger partial charge in [-0.05, 0) is 249 Å². The third-order valence-corrected chi connectivity index (χ3v) is 22.3. The zero-order valence-corrected chi connectivity index (χ0v) is 44.3. The van der Waals surface area contributed by atoms with Crippen LogP contribution < -0.4 is 0 Å². The van der Waals surface area contributed by atoms with Crippen LogP contribution in [0.1, 0.15) is 320 Å². The van der Waals surface area contributed by atoms with Crippen LogP contribution in [0, 0.1) is 0 Å². The van der Waals surface area contributed by atoms with E-state index < -0.39 is 0 Å². The summed E-state index contributed by atoms with van der Waals surface area (Å²) in [5.41, 5.74) is 2.32. The van der Waals surface area contributed by atoms with E-state index in [1.54, 1.807) is 0 Å². The van der Waals surface area contributed by atoms with Gasteiger partial charge in [0.05, 0.1) is 71.1 Å². The van der Waals surface area contributed by atoms with Crippen LogP contribution in [0.4, 0.5) is 0 Å². The van der Waals surface area contributed by atoms with Gasteiger partial charge in [-0.3, -0.25) is 0 Å². The molecule has 0 spiro atoms. The molecule has 0 atom stereocenters. The van der Waals surface area contributed by atoms with Crippen LogP contribution >= 0.6 is 0 Å². The van der Waals surface area contributed by atoms with E-state index in [1.807, 2.05) is 0 Å². The van der Waals surface area contributed by atoms with E-state index in [4.69, 9.17) is 0 Å². The lowest BCUT2D eigenvalue weighted by molar-refractivity contribution is -0.926. The normalized spacial score (nSPS) is 26.8. The van der Waals surface area contributed by atoms with Gasteiger partial charge in [0.2, 0.25) is 0 Å². The van der Waals surface area contributed by atoms with Gasteiger partial charge in [0.15, 0.2) is 0 Å². The summed E-state index contributed by atoms with van der Waals surface area (Å²) < 4.78 is 1.94. The summed E-state index contributed by atoms with van der Waals surface area (Å²) in [5, 5.41) is 0. The van der Waals surface area contributed by atoms with Crippen LogP contribution in [-0.2, 0) is 0 Å². The highest BCUT2D eigenvalue weighted by Crippen LogP contribution is 2.49. The van der Waals surface area contributed by atoms with Gasteiger partial charge in [0.25, 0.3) is 0 Å². The summed E-state index contributed by atoms with van der Waals surface area (Å²) in [4.78, 5) is 51.5. The Kier molecular flexibility index (Phi) is 17.3. The molecule has 9 saturated carbocycles. The minimum Gasteiger partial charge on any atom is -0.249 e. The van der Waals surface area contributed by atoms with Gasteiger partial charge in [0.1, 0.15) is 0 Å². The number of hydrogen-bond donors (Lipinski definition) is 0. The van der Waals surface area contributed by atoms with Crippen LogP contribution in [0.25, 0.3) is 0 Å². The van der Waals surface area contributed by atoms with Crippen LogP contribution in [0.2, 0.25) is 0 Å². The average Bonchev–Trinajstić information content (AvgIpc) is 3.44. The molecule has 0 radical (unpaired) electrons. The van der Waals surface area contributed by atoms with E-state index in [2.05, 4.69) is 18.2 Å². The minimum atomic E-state index is 0.335. The monoisotopic (exact) mass is 949 g/mol. The number of quaternary nitrogens is 3. The van der Waals surface area contributed by atoms with Crippen LogP contribution in [-0.4, -0.2) is 85.5 Å².